The molecule has 0 saturated carbocycles. The molecule has 0 atom stereocenters. The lowest BCUT2D eigenvalue weighted by Crippen LogP contribution is -2.41. The summed E-state index contributed by atoms with van der Waals surface area (Å²) in [7, 11) is 0. The third-order valence-electron chi connectivity index (χ3n) is 4.52. The average Bonchev–Trinajstić information content (AvgIpc) is 2.69. The normalized spacial score (nSPS) is 14.7. The number of ether oxygens (including phenoxy) is 1. The van der Waals surface area contributed by atoms with E-state index in [1.54, 1.807) is 6.07 Å². The van der Waals surface area contributed by atoms with Gasteiger partial charge >= 0.3 is 0 Å². The standard InChI is InChI=1S/C20H27N5O2/c1-3-16-4-6-17(7-5-16)23-20-22-15(2)14-18(24-20)19(26)21-8-9-25-10-12-27-13-11-25/h4-7,14H,3,8-13H2,1-2H3,(H,21,26)(H,22,23,24). The Hall–Kier alpha value is -2.51. The first-order chi connectivity index (χ1) is 13.1. The molecule has 0 unspecified atom stereocenters. The molecule has 0 bridgehead atoms. The fourth-order valence-electron chi connectivity index (χ4n) is 2.94. The van der Waals surface area contributed by atoms with Gasteiger partial charge in [-0.05, 0) is 37.1 Å². The molecule has 0 aliphatic carbocycles. The number of nitrogens with one attached hydrogen (secondary N) is 2. The predicted octanol–water partition coefficient (Wildman–Crippen LogP) is 2.15. The van der Waals surface area contributed by atoms with Crippen molar-refractivity contribution in [2.45, 2.75) is 20.3 Å². The zero-order valence-electron chi connectivity index (χ0n) is 16.0. The smallest absolute Gasteiger partial charge is 0.270 e. The molecule has 1 amide bonds. The number of amides is 1. The van der Waals surface area contributed by atoms with Crippen LogP contribution < -0.4 is 10.6 Å². The monoisotopic (exact) mass is 369 g/mol. The Morgan fingerprint density at radius 2 is 1.93 bits per heavy atom. The van der Waals surface area contributed by atoms with Crippen molar-refractivity contribution >= 4 is 17.5 Å². The van der Waals surface area contributed by atoms with Gasteiger partial charge in [0.1, 0.15) is 5.69 Å². The summed E-state index contributed by atoms with van der Waals surface area (Å²) in [6.45, 7) is 8.71. The van der Waals surface area contributed by atoms with E-state index < -0.39 is 0 Å². The second-order valence-electron chi connectivity index (χ2n) is 6.60. The summed E-state index contributed by atoms with van der Waals surface area (Å²) in [4.78, 5) is 23.5. The zero-order valence-corrected chi connectivity index (χ0v) is 16.0. The fourth-order valence-corrected chi connectivity index (χ4v) is 2.94. The molecule has 1 aliphatic heterocycles. The topological polar surface area (TPSA) is 79.4 Å². The Bertz CT molecular complexity index is 757. The molecule has 2 aromatic rings. The van der Waals surface area contributed by atoms with Crippen LogP contribution in [0, 0.1) is 6.92 Å². The lowest BCUT2D eigenvalue weighted by Gasteiger charge is -2.26. The summed E-state index contributed by atoms with van der Waals surface area (Å²) in [6.07, 6.45) is 0.996. The van der Waals surface area contributed by atoms with Crippen LogP contribution in [-0.2, 0) is 11.2 Å². The van der Waals surface area contributed by atoms with E-state index in [0.29, 0.717) is 18.2 Å². The molecule has 1 aromatic carbocycles. The summed E-state index contributed by atoms with van der Waals surface area (Å²) < 4.78 is 5.33. The van der Waals surface area contributed by atoms with E-state index >= 15 is 0 Å². The molecule has 0 spiro atoms. The second-order valence-corrected chi connectivity index (χ2v) is 6.60. The van der Waals surface area contributed by atoms with E-state index in [-0.39, 0.29) is 5.91 Å². The second kappa shape index (κ2) is 9.43. The average molecular weight is 369 g/mol. The Morgan fingerprint density at radius 1 is 1.19 bits per heavy atom. The van der Waals surface area contributed by atoms with Crippen LogP contribution in [0.2, 0.25) is 0 Å². The van der Waals surface area contributed by atoms with E-state index in [4.69, 9.17) is 4.74 Å². The van der Waals surface area contributed by atoms with Crippen molar-refractivity contribution < 1.29 is 9.53 Å². The number of carbonyl (C=O) groups is 1. The summed E-state index contributed by atoms with van der Waals surface area (Å²) in [5.41, 5.74) is 3.29. The van der Waals surface area contributed by atoms with Gasteiger partial charge in [0.05, 0.1) is 13.2 Å². The first kappa shape index (κ1) is 19.3. The predicted molar refractivity (Wildman–Crippen MR) is 105 cm³/mol. The van der Waals surface area contributed by atoms with Crippen molar-refractivity contribution in [3.05, 3.63) is 47.3 Å². The number of anilines is 2. The van der Waals surface area contributed by atoms with Gasteiger partial charge in [-0.1, -0.05) is 19.1 Å². The molecular formula is C20H27N5O2. The van der Waals surface area contributed by atoms with Crippen molar-refractivity contribution in [1.29, 1.82) is 0 Å². The molecule has 1 saturated heterocycles. The van der Waals surface area contributed by atoms with E-state index in [1.165, 1.54) is 5.56 Å². The van der Waals surface area contributed by atoms with Crippen molar-refractivity contribution in [3.8, 4) is 0 Å². The van der Waals surface area contributed by atoms with E-state index in [2.05, 4.69) is 44.6 Å². The quantitative estimate of drug-likeness (QED) is 0.779. The van der Waals surface area contributed by atoms with E-state index in [0.717, 1.165) is 50.7 Å². The number of benzene rings is 1. The maximum atomic E-state index is 12.5. The van der Waals surface area contributed by atoms with Crippen LogP contribution in [0.15, 0.2) is 30.3 Å². The number of nitrogens with zero attached hydrogens (tertiary/aromatic N) is 3. The number of aryl methyl sites for hydroxylation is 2. The summed E-state index contributed by atoms with van der Waals surface area (Å²) in [5.74, 6) is 0.246. The van der Waals surface area contributed by atoms with Gasteiger partial charge in [-0.15, -0.1) is 0 Å². The highest BCUT2D eigenvalue weighted by molar-refractivity contribution is 5.92. The van der Waals surface area contributed by atoms with Gasteiger partial charge in [-0.2, -0.15) is 0 Å². The number of hydrogen-bond donors (Lipinski definition) is 2. The Balaban J connectivity index is 1.58. The fraction of sp³-hybridized carbons (Fsp3) is 0.450. The molecule has 7 nitrogen and oxygen atoms in total. The highest BCUT2D eigenvalue weighted by atomic mass is 16.5. The minimum atomic E-state index is -0.182. The van der Waals surface area contributed by atoms with Gasteiger partial charge in [0, 0.05) is 37.6 Å². The summed E-state index contributed by atoms with van der Waals surface area (Å²) in [5, 5.41) is 6.11. The number of rotatable bonds is 7. The Kier molecular flexibility index (Phi) is 6.73. The molecule has 2 N–H and O–H groups in total. The third-order valence-corrected chi connectivity index (χ3v) is 4.52. The number of aromatic nitrogens is 2. The van der Waals surface area contributed by atoms with Crippen molar-refractivity contribution in [1.82, 2.24) is 20.2 Å². The lowest BCUT2D eigenvalue weighted by atomic mass is 10.1. The van der Waals surface area contributed by atoms with Crippen molar-refractivity contribution in [2.75, 3.05) is 44.7 Å². The van der Waals surface area contributed by atoms with E-state index in [9.17, 15) is 4.79 Å². The Labute approximate surface area is 160 Å². The maximum Gasteiger partial charge on any atom is 0.270 e. The largest absolute Gasteiger partial charge is 0.379 e. The molecule has 7 heteroatoms. The van der Waals surface area contributed by atoms with Crippen LogP contribution >= 0.6 is 0 Å². The molecule has 144 valence electrons. The van der Waals surface area contributed by atoms with E-state index in [1.807, 2.05) is 19.1 Å². The van der Waals surface area contributed by atoms with Crippen molar-refractivity contribution in [3.63, 3.8) is 0 Å². The number of morpholine rings is 1. The lowest BCUT2D eigenvalue weighted by molar-refractivity contribution is 0.0383. The minimum Gasteiger partial charge on any atom is -0.379 e. The molecule has 1 aromatic heterocycles. The van der Waals surface area contributed by atoms with Gasteiger partial charge in [0.2, 0.25) is 5.95 Å². The van der Waals surface area contributed by atoms with Crippen LogP contribution in [0.3, 0.4) is 0 Å². The first-order valence-electron chi connectivity index (χ1n) is 9.44. The van der Waals surface area contributed by atoms with Crippen LogP contribution in [0.4, 0.5) is 11.6 Å². The SMILES string of the molecule is CCc1ccc(Nc2nc(C)cc(C(=O)NCCN3CCOCC3)n2)cc1. The molecule has 2 heterocycles. The molecular weight excluding hydrogens is 342 g/mol. The van der Waals surface area contributed by atoms with Gasteiger partial charge in [-0.3, -0.25) is 9.69 Å². The number of carbonyl (C=O) groups excluding carboxylic acids is 1. The first-order valence-corrected chi connectivity index (χ1v) is 9.44. The summed E-state index contributed by atoms with van der Waals surface area (Å²) in [6, 6.07) is 9.82. The van der Waals surface area contributed by atoms with Crippen LogP contribution in [0.5, 0.6) is 0 Å². The maximum absolute atomic E-state index is 12.5. The van der Waals surface area contributed by atoms with Gasteiger partial charge in [-0.25, -0.2) is 9.97 Å². The van der Waals surface area contributed by atoms with Crippen molar-refractivity contribution in [2.24, 2.45) is 0 Å². The van der Waals surface area contributed by atoms with Gasteiger partial charge in [0.25, 0.3) is 5.91 Å². The minimum absolute atomic E-state index is 0.182. The summed E-state index contributed by atoms with van der Waals surface area (Å²) >= 11 is 0. The van der Waals surface area contributed by atoms with Crippen LogP contribution in [0.25, 0.3) is 0 Å². The molecule has 1 aliphatic rings. The molecule has 1 fully saturated rings. The Morgan fingerprint density at radius 3 is 2.63 bits per heavy atom. The molecule has 27 heavy (non-hydrogen) atoms. The molecule has 3 rings (SSSR count). The van der Waals surface area contributed by atoms with Gasteiger partial charge < -0.3 is 15.4 Å². The van der Waals surface area contributed by atoms with Gasteiger partial charge in [0.15, 0.2) is 0 Å². The molecule has 0 radical (unpaired) electrons. The highest BCUT2D eigenvalue weighted by Gasteiger charge is 2.13. The van der Waals surface area contributed by atoms with Crippen LogP contribution in [-0.4, -0.2) is 60.2 Å². The highest BCUT2D eigenvalue weighted by Crippen LogP contribution is 2.15. The number of hydrogen-bond acceptors (Lipinski definition) is 6. The zero-order chi connectivity index (χ0) is 19.1. The van der Waals surface area contributed by atoms with Crippen LogP contribution in [0.1, 0.15) is 28.7 Å². The third kappa shape index (κ3) is 5.74.